The molecule has 0 aliphatic carbocycles. The van der Waals surface area contributed by atoms with Crippen LogP contribution in [-0.4, -0.2) is 37.2 Å². The Hall–Kier alpha value is -1.59. The third kappa shape index (κ3) is 38.0. The maximum atomic E-state index is 12.6. The standard InChI is InChI=1S/C45H86O6/c1-5-8-10-12-14-16-21-24-28-32-36-43(46)49-39-42(51-45(48)38-34-30-26-19-15-13-11-9-6-2)40-50-44(47)37-33-29-25-22-18-17-20-23-27-31-35-41(4)7-3/h41-42H,5-40H2,1-4H3/t41?,42-/m0/s1. The maximum Gasteiger partial charge on any atom is 0.306 e. The van der Waals surface area contributed by atoms with Gasteiger partial charge < -0.3 is 14.2 Å². The molecular formula is C45H86O6. The highest BCUT2D eigenvalue weighted by atomic mass is 16.6. The van der Waals surface area contributed by atoms with Gasteiger partial charge in [-0.25, -0.2) is 0 Å². The summed E-state index contributed by atoms with van der Waals surface area (Å²) in [4.78, 5) is 37.6. The topological polar surface area (TPSA) is 78.9 Å². The van der Waals surface area contributed by atoms with Gasteiger partial charge in [0.1, 0.15) is 13.2 Å². The van der Waals surface area contributed by atoms with Crippen molar-refractivity contribution in [1.82, 2.24) is 0 Å². The molecule has 0 bridgehead atoms. The minimum absolute atomic E-state index is 0.0643. The van der Waals surface area contributed by atoms with Crippen LogP contribution in [0.15, 0.2) is 0 Å². The minimum atomic E-state index is -0.758. The van der Waals surface area contributed by atoms with Crippen molar-refractivity contribution in [3.8, 4) is 0 Å². The van der Waals surface area contributed by atoms with Gasteiger partial charge in [0.05, 0.1) is 0 Å². The summed E-state index contributed by atoms with van der Waals surface area (Å²) in [6.45, 7) is 8.99. The molecule has 0 radical (unpaired) electrons. The van der Waals surface area contributed by atoms with E-state index < -0.39 is 6.10 Å². The van der Waals surface area contributed by atoms with E-state index in [9.17, 15) is 14.4 Å². The fraction of sp³-hybridized carbons (Fsp3) is 0.933. The predicted molar refractivity (Wildman–Crippen MR) is 215 cm³/mol. The van der Waals surface area contributed by atoms with Crippen LogP contribution >= 0.6 is 0 Å². The molecule has 1 unspecified atom stereocenters. The van der Waals surface area contributed by atoms with E-state index in [0.717, 1.165) is 63.7 Å². The first-order valence-corrected chi connectivity index (χ1v) is 22.4. The van der Waals surface area contributed by atoms with Crippen molar-refractivity contribution < 1.29 is 28.6 Å². The van der Waals surface area contributed by atoms with Crippen LogP contribution in [-0.2, 0) is 28.6 Å². The summed E-state index contributed by atoms with van der Waals surface area (Å²) >= 11 is 0. The van der Waals surface area contributed by atoms with Crippen LogP contribution in [0.3, 0.4) is 0 Å². The number of hydrogen-bond donors (Lipinski definition) is 0. The second-order valence-electron chi connectivity index (χ2n) is 15.6. The van der Waals surface area contributed by atoms with E-state index >= 15 is 0 Å². The predicted octanol–water partition coefficient (Wildman–Crippen LogP) is 13.9. The first kappa shape index (κ1) is 49.4. The molecule has 0 saturated heterocycles. The lowest BCUT2D eigenvalue weighted by Gasteiger charge is -2.18. The quantitative estimate of drug-likeness (QED) is 0.0356. The third-order valence-electron chi connectivity index (χ3n) is 10.4. The lowest BCUT2D eigenvalue weighted by Crippen LogP contribution is -2.30. The van der Waals surface area contributed by atoms with Crippen LogP contribution in [0.2, 0.25) is 0 Å². The van der Waals surface area contributed by atoms with Gasteiger partial charge in [0.25, 0.3) is 0 Å². The number of carbonyl (C=O) groups excluding carboxylic acids is 3. The summed E-state index contributed by atoms with van der Waals surface area (Å²) < 4.78 is 16.7. The molecule has 0 aromatic rings. The van der Waals surface area contributed by atoms with Gasteiger partial charge in [0, 0.05) is 19.3 Å². The average Bonchev–Trinajstić information content (AvgIpc) is 3.13. The fourth-order valence-corrected chi connectivity index (χ4v) is 6.59. The molecule has 0 aliphatic heterocycles. The molecule has 0 spiro atoms. The molecule has 0 aromatic carbocycles. The summed E-state index contributed by atoms with van der Waals surface area (Å²) in [7, 11) is 0. The Balaban J connectivity index is 4.30. The Labute approximate surface area is 317 Å². The molecule has 0 heterocycles. The van der Waals surface area contributed by atoms with E-state index in [-0.39, 0.29) is 31.1 Å². The van der Waals surface area contributed by atoms with Gasteiger partial charge in [-0.3, -0.25) is 14.4 Å². The van der Waals surface area contributed by atoms with Crippen molar-refractivity contribution in [2.75, 3.05) is 13.2 Å². The van der Waals surface area contributed by atoms with Crippen molar-refractivity contribution in [2.45, 2.75) is 252 Å². The van der Waals surface area contributed by atoms with Crippen molar-refractivity contribution in [2.24, 2.45) is 5.92 Å². The largest absolute Gasteiger partial charge is 0.462 e. The Bertz CT molecular complexity index is 768. The SMILES string of the molecule is CCCCCCCCCCCCC(=O)OC[C@@H](COC(=O)CCCCCCCCCCCCC(C)CC)OC(=O)CCCCCCCCCCC. The zero-order valence-corrected chi connectivity index (χ0v) is 34.6. The molecule has 0 aliphatic rings. The van der Waals surface area contributed by atoms with Crippen LogP contribution < -0.4 is 0 Å². The number of esters is 3. The number of hydrogen-bond acceptors (Lipinski definition) is 6. The van der Waals surface area contributed by atoms with Crippen LogP contribution in [0, 0.1) is 5.92 Å². The molecule has 0 N–H and O–H groups in total. The first-order chi connectivity index (χ1) is 24.9. The highest BCUT2D eigenvalue weighted by Gasteiger charge is 2.19. The second kappa shape index (κ2) is 39.6. The Kier molecular flexibility index (Phi) is 38.4. The van der Waals surface area contributed by atoms with E-state index in [1.165, 1.54) is 141 Å². The molecular weight excluding hydrogens is 636 g/mol. The van der Waals surface area contributed by atoms with E-state index in [0.29, 0.717) is 19.3 Å². The molecule has 2 atom stereocenters. The Morgan fingerprint density at radius 2 is 0.686 bits per heavy atom. The van der Waals surface area contributed by atoms with Crippen molar-refractivity contribution >= 4 is 17.9 Å². The smallest absolute Gasteiger partial charge is 0.306 e. The summed E-state index contributed by atoms with van der Waals surface area (Å²) in [5, 5.41) is 0. The van der Waals surface area contributed by atoms with Crippen molar-refractivity contribution in [3.63, 3.8) is 0 Å². The van der Waals surface area contributed by atoms with Gasteiger partial charge in [-0.1, -0.05) is 207 Å². The molecule has 0 rings (SSSR count). The van der Waals surface area contributed by atoms with Gasteiger partial charge in [-0.2, -0.15) is 0 Å². The van der Waals surface area contributed by atoms with Crippen LogP contribution in [0.5, 0.6) is 0 Å². The monoisotopic (exact) mass is 723 g/mol. The van der Waals surface area contributed by atoms with Gasteiger partial charge in [0.2, 0.25) is 0 Å². The molecule has 6 nitrogen and oxygen atoms in total. The average molecular weight is 723 g/mol. The number of unbranched alkanes of at least 4 members (excludes halogenated alkanes) is 26. The number of carbonyl (C=O) groups is 3. The molecule has 0 aromatic heterocycles. The molecule has 6 heteroatoms. The maximum absolute atomic E-state index is 12.6. The van der Waals surface area contributed by atoms with Gasteiger partial charge in [-0.15, -0.1) is 0 Å². The zero-order chi connectivity index (χ0) is 37.5. The van der Waals surface area contributed by atoms with E-state index in [1.54, 1.807) is 0 Å². The molecule has 51 heavy (non-hydrogen) atoms. The van der Waals surface area contributed by atoms with Gasteiger partial charge >= 0.3 is 17.9 Å². The molecule has 302 valence electrons. The number of rotatable bonds is 40. The molecule has 0 saturated carbocycles. The second-order valence-corrected chi connectivity index (χ2v) is 15.6. The first-order valence-electron chi connectivity index (χ1n) is 22.4. The van der Waals surface area contributed by atoms with Crippen LogP contribution in [0.1, 0.15) is 246 Å². The van der Waals surface area contributed by atoms with Crippen LogP contribution in [0.4, 0.5) is 0 Å². The lowest BCUT2D eigenvalue weighted by molar-refractivity contribution is -0.167. The van der Waals surface area contributed by atoms with E-state index in [2.05, 4.69) is 27.7 Å². The highest BCUT2D eigenvalue weighted by Crippen LogP contribution is 2.17. The third-order valence-corrected chi connectivity index (χ3v) is 10.4. The minimum Gasteiger partial charge on any atom is -0.462 e. The zero-order valence-electron chi connectivity index (χ0n) is 34.6. The van der Waals surface area contributed by atoms with Crippen molar-refractivity contribution in [1.29, 1.82) is 0 Å². The summed E-state index contributed by atoms with van der Waals surface area (Å²) in [6.07, 6.45) is 37.9. The summed E-state index contributed by atoms with van der Waals surface area (Å²) in [5.74, 6) is 0.0106. The molecule has 0 fully saturated rings. The fourth-order valence-electron chi connectivity index (χ4n) is 6.59. The van der Waals surface area contributed by atoms with Crippen LogP contribution in [0.25, 0.3) is 0 Å². The number of ether oxygens (including phenoxy) is 3. The van der Waals surface area contributed by atoms with Gasteiger partial charge in [-0.05, 0) is 25.2 Å². The normalized spacial score (nSPS) is 12.5. The Morgan fingerprint density at radius 3 is 1.02 bits per heavy atom. The molecule has 0 amide bonds. The summed E-state index contributed by atoms with van der Waals surface area (Å²) in [5.41, 5.74) is 0. The Morgan fingerprint density at radius 1 is 0.392 bits per heavy atom. The van der Waals surface area contributed by atoms with E-state index in [1.807, 2.05) is 0 Å². The summed E-state index contributed by atoms with van der Waals surface area (Å²) in [6, 6.07) is 0. The lowest BCUT2D eigenvalue weighted by atomic mass is 9.99. The van der Waals surface area contributed by atoms with E-state index in [4.69, 9.17) is 14.2 Å². The van der Waals surface area contributed by atoms with Gasteiger partial charge in [0.15, 0.2) is 6.10 Å². The van der Waals surface area contributed by atoms with Crippen molar-refractivity contribution in [3.05, 3.63) is 0 Å². The highest BCUT2D eigenvalue weighted by molar-refractivity contribution is 5.71.